The van der Waals surface area contributed by atoms with Crippen molar-refractivity contribution in [2.45, 2.75) is 26.4 Å². The molecule has 0 aromatic heterocycles. The number of ether oxygens (including phenoxy) is 1. The van der Waals surface area contributed by atoms with E-state index in [1.807, 2.05) is 0 Å². The summed E-state index contributed by atoms with van der Waals surface area (Å²) in [6, 6.07) is 6.02. The van der Waals surface area contributed by atoms with Crippen LogP contribution in [0.25, 0.3) is 0 Å². The Balaban J connectivity index is 1.83. The summed E-state index contributed by atoms with van der Waals surface area (Å²) in [7, 11) is 0. The molecular weight excluding hydrogens is 260 g/mol. The van der Waals surface area contributed by atoms with Gasteiger partial charge in [0, 0.05) is 25.2 Å². The summed E-state index contributed by atoms with van der Waals surface area (Å²) in [5, 5.41) is 10.5. The van der Waals surface area contributed by atoms with Crippen molar-refractivity contribution >= 4 is 11.8 Å². The first kappa shape index (κ1) is 14.3. The van der Waals surface area contributed by atoms with Gasteiger partial charge in [0.15, 0.2) is 0 Å². The molecule has 1 amide bonds. The maximum atomic E-state index is 11.9. The topological polar surface area (TPSA) is 72.7 Å². The second-order valence-electron chi connectivity index (χ2n) is 4.99. The number of rotatable bonds is 4. The summed E-state index contributed by atoms with van der Waals surface area (Å²) in [6.07, 6.45) is 1.80. The highest BCUT2D eigenvalue weighted by Crippen LogP contribution is 2.20. The second kappa shape index (κ2) is 6.36. The number of likely N-dealkylation sites (tertiary alicyclic amines) is 1. The van der Waals surface area contributed by atoms with E-state index in [1.165, 1.54) is 12.1 Å². The molecule has 6 heteroatoms. The van der Waals surface area contributed by atoms with Crippen LogP contribution < -0.4 is 0 Å². The normalized spacial score (nSPS) is 18.1. The van der Waals surface area contributed by atoms with Gasteiger partial charge in [-0.05, 0) is 30.0 Å². The number of nitrogens with zero attached hydrogens (tertiary/aromatic N) is 2. The quantitative estimate of drug-likeness (QED) is 0.627. The number of nitro groups is 1. The minimum Gasteiger partial charge on any atom is -0.445 e. The van der Waals surface area contributed by atoms with E-state index in [2.05, 4.69) is 6.92 Å². The third-order valence-electron chi connectivity index (χ3n) is 3.63. The maximum Gasteiger partial charge on any atom is 0.410 e. The lowest BCUT2D eigenvalue weighted by Gasteiger charge is -2.16. The van der Waals surface area contributed by atoms with Gasteiger partial charge < -0.3 is 9.64 Å². The molecule has 1 unspecified atom stereocenters. The van der Waals surface area contributed by atoms with E-state index >= 15 is 0 Å². The third-order valence-corrected chi connectivity index (χ3v) is 3.63. The van der Waals surface area contributed by atoms with Crippen LogP contribution in [-0.4, -0.2) is 29.0 Å². The molecule has 6 nitrogen and oxygen atoms in total. The number of amides is 1. The maximum absolute atomic E-state index is 11.9. The van der Waals surface area contributed by atoms with Crippen LogP contribution in [0.15, 0.2) is 24.3 Å². The molecule has 108 valence electrons. The Bertz CT molecular complexity index is 486. The fourth-order valence-corrected chi connectivity index (χ4v) is 2.28. The first-order valence-electron chi connectivity index (χ1n) is 6.75. The smallest absolute Gasteiger partial charge is 0.410 e. The first-order valence-corrected chi connectivity index (χ1v) is 6.75. The Morgan fingerprint density at radius 3 is 2.70 bits per heavy atom. The number of nitro benzene ring substituents is 1. The standard InChI is InChI=1S/C14H18N2O4/c1-2-11-7-8-15(9-11)14(17)20-10-12-3-5-13(6-4-12)16(18)19/h3-6,11H,2,7-10H2,1H3. The molecule has 1 aromatic rings. The zero-order chi connectivity index (χ0) is 14.5. The number of carbonyl (C=O) groups is 1. The van der Waals surface area contributed by atoms with Crippen LogP contribution in [0.1, 0.15) is 25.3 Å². The van der Waals surface area contributed by atoms with E-state index in [4.69, 9.17) is 4.74 Å². The lowest BCUT2D eigenvalue weighted by atomic mass is 10.1. The predicted molar refractivity (Wildman–Crippen MR) is 73.3 cm³/mol. The zero-order valence-corrected chi connectivity index (χ0v) is 11.4. The van der Waals surface area contributed by atoms with Crippen molar-refractivity contribution in [3.8, 4) is 0 Å². The van der Waals surface area contributed by atoms with Crippen molar-refractivity contribution in [3.05, 3.63) is 39.9 Å². The Morgan fingerprint density at radius 1 is 1.45 bits per heavy atom. The van der Waals surface area contributed by atoms with Gasteiger partial charge in [0.2, 0.25) is 0 Å². The predicted octanol–water partition coefficient (Wildman–Crippen LogP) is 2.96. The molecule has 0 N–H and O–H groups in total. The molecule has 1 heterocycles. The number of hydrogen-bond donors (Lipinski definition) is 0. The lowest BCUT2D eigenvalue weighted by molar-refractivity contribution is -0.384. The van der Waals surface area contributed by atoms with E-state index in [0.717, 1.165) is 31.5 Å². The molecule has 1 fully saturated rings. The number of non-ortho nitro benzene ring substituents is 1. The van der Waals surface area contributed by atoms with Crippen molar-refractivity contribution < 1.29 is 14.5 Å². The molecule has 2 rings (SSSR count). The van der Waals surface area contributed by atoms with Crippen LogP contribution in [-0.2, 0) is 11.3 Å². The molecule has 1 atom stereocenters. The van der Waals surface area contributed by atoms with E-state index in [1.54, 1.807) is 17.0 Å². The average Bonchev–Trinajstić information content (AvgIpc) is 2.94. The lowest BCUT2D eigenvalue weighted by Crippen LogP contribution is -2.29. The van der Waals surface area contributed by atoms with Crippen molar-refractivity contribution in [1.29, 1.82) is 0 Å². The Morgan fingerprint density at radius 2 is 2.15 bits per heavy atom. The van der Waals surface area contributed by atoms with Gasteiger partial charge in [-0.3, -0.25) is 10.1 Å². The van der Waals surface area contributed by atoms with Gasteiger partial charge in [0.1, 0.15) is 6.61 Å². The van der Waals surface area contributed by atoms with Crippen LogP contribution in [0.3, 0.4) is 0 Å². The summed E-state index contributed by atoms with van der Waals surface area (Å²) in [5.41, 5.74) is 0.778. The molecule has 20 heavy (non-hydrogen) atoms. The van der Waals surface area contributed by atoms with Gasteiger partial charge in [0.25, 0.3) is 5.69 Å². The van der Waals surface area contributed by atoms with E-state index < -0.39 is 4.92 Å². The van der Waals surface area contributed by atoms with Crippen LogP contribution in [0.4, 0.5) is 10.5 Å². The van der Waals surface area contributed by atoms with E-state index in [-0.39, 0.29) is 18.4 Å². The summed E-state index contributed by atoms with van der Waals surface area (Å²) in [6.45, 7) is 3.77. The molecule has 1 saturated heterocycles. The molecule has 0 bridgehead atoms. The summed E-state index contributed by atoms with van der Waals surface area (Å²) >= 11 is 0. The van der Waals surface area contributed by atoms with Gasteiger partial charge in [-0.2, -0.15) is 0 Å². The van der Waals surface area contributed by atoms with Gasteiger partial charge in [-0.1, -0.05) is 13.3 Å². The number of benzene rings is 1. The number of hydrogen-bond acceptors (Lipinski definition) is 4. The highest BCUT2D eigenvalue weighted by molar-refractivity contribution is 5.68. The molecule has 1 aliphatic rings. The van der Waals surface area contributed by atoms with Gasteiger partial charge in [-0.15, -0.1) is 0 Å². The highest BCUT2D eigenvalue weighted by Gasteiger charge is 2.25. The second-order valence-corrected chi connectivity index (χ2v) is 4.99. The monoisotopic (exact) mass is 278 g/mol. The Kier molecular flexibility index (Phi) is 4.55. The average molecular weight is 278 g/mol. The van der Waals surface area contributed by atoms with Gasteiger partial charge in [-0.25, -0.2) is 4.79 Å². The SMILES string of the molecule is CCC1CCN(C(=O)OCc2ccc([N+](=O)[O-])cc2)C1. The van der Waals surface area contributed by atoms with Gasteiger partial charge >= 0.3 is 6.09 Å². The summed E-state index contributed by atoms with van der Waals surface area (Å²) in [5.74, 6) is 0.571. The van der Waals surface area contributed by atoms with Crippen molar-refractivity contribution in [2.75, 3.05) is 13.1 Å². The fourth-order valence-electron chi connectivity index (χ4n) is 2.28. The Hall–Kier alpha value is -2.11. The van der Waals surface area contributed by atoms with Crippen LogP contribution in [0.2, 0.25) is 0 Å². The fraction of sp³-hybridized carbons (Fsp3) is 0.500. The molecule has 0 radical (unpaired) electrons. The minimum absolute atomic E-state index is 0.0328. The van der Waals surface area contributed by atoms with Crippen molar-refractivity contribution in [2.24, 2.45) is 5.92 Å². The summed E-state index contributed by atoms with van der Waals surface area (Å²) < 4.78 is 5.22. The van der Waals surface area contributed by atoms with Crippen LogP contribution >= 0.6 is 0 Å². The largest absolute Gasteiger partial charge is 0.445 e. The number of carbonyl (C=O) groups excluding carboxylic acids is 1. The molecule has 1 aromatic carbocycles. The van der Waals surface area contributed by atoms with Crippen LogP contribution in [0.5, 0.6) is 0 Å². The van der Waals surface area contributed by atoms with E-state index in [0.29, 0.717) is 5.92 Å². The van der Waals surface area contributed by atoms with Gasteiger partial charge in [0.05, 0.1) is 4.92 Å². The first-order chi connectivity index (χ1) is 9.60. The zero-order valence-electron chi connectivity index (χ0n) is 11.4. The highest BCUT2D eigenvalue weighted by atomic mass is 16.6. The molecular formula is C14H18N2O4. The van der Waals surface area contributed by atoms with Crippen molar-refractivity contribution in [1.82, 2.24) is 4.90 Å². The third kappa shape index (κ3) is 3.46. The summed E-state index contributed by atoms with van der Waals surface area (Å²) in [4.78, 5) is 23.6. The van der Waals surface area contributed by atoms with Crippen LogP contribution in [0, 0.1) is 16.0 Å². The van der Waals surface area contributed by atoms with Crippen molar-refractivity contribution in [3.63, 3.8) is 0 Å². The molecule has 0 spiro atoms. The Labute approximate surface area is 117 Å². The van der Waals surface area contributed by atoms with E-state index in [9.17, 15) is 14.9 Å². The molecule has 1 aliphatic heterocycles. The minimum atomic E-state index is -0.453. The molecule has 0 saturated carbocycles. The molecule has 0 aliphatic carbocycles.